The van der Waals surface area contributed by atoms with E-state index >= 15 is 0 Å². The maximum Gasteiger partial charge on any atom is 0.191 e. The molecule has 2 rings (SSSR count). The SMILES string of the molecule is CCNC(=NCC(O)c1ccc(OC(C)C)cc1)NCCCCNc1ccccn1.I. The lowest BCUT2D eigenvalue weighted by Gasteiger charge is -2.14. The third kappa shape index (κ3) is 11.2. The number of benzene rings is 1. The van der Waals surface area contributed by atoms with Crippen LogP contribution in [-0.4, -0.2) is 48.3 Å². The molecule has 7 nitrogen and oxygen atoms in total. The highest BCUT2D eigenvalue weighted by Crippen LogP contribution is 2.19. The topological polar surface area (TPSA) is 90.8 Å². The van der Waals surface area contributed by atoms with Crippen molar-refractivity contribution in [2.75, 3.05) is 31.5 Å². The Morgan fingerprint density at radius 1 is 1.06 bits per heavy atom. The summed E-state index contributed by atoms with van der Waals surface area (Å²) in [6, 6.07) is 13.4. The van der Waals surface area contributed by atoms with Crippen LogP contribution >= 0.6 is 24.0 Å². The van der Waals surface area contributed by atoms with Gasteiger partial charge in [-0.2, -0.15) is 0 Å². The lowest BCUT2D eigenvalue weighted by atomic mass is 10.1. The molecule has 1 atom stereocenters. The molecular weight excluding hydrogens is 505 g/mol. The molecule has 0 radical (unpaired) electrons. The average molecular weight is 541 g/mol. The Hall–Kier alpha value is -2.07. The highest BCUT2D eigenvalue weighted by atomic mass is 127. The van der Waals surface area contributed by atoms with Gasteiger partial charge in [-0.3, -0.25) is 4.99 Å². The minimum Gasteiger partial charge on any atom is -0.491 e. The van der Waals surface area contributed by atoms with Crippen molar-refractivity contribution in [3.05, 3.63) is 54.2 Å². The van der Waals surface area contributed by atoms with Crippen LogP contribution in [0.4, 0.5) is 5.82 Å². The zero-order valence-electron chi connectivity index (χ0n) is 18.7. The fourth-order valence-electron chi connectivity index (χ4n) is 2.81. The minimum atomic E-state index is -0.656. The number of aromatic nitrogens is 1. The van der Waals surface area contributed by atoms with E-state index in [9.17, 15) is 5.11 Å². The van der Waals surface area contributed by atoms with E-state index in [2.05, 4.69) is 25.9 Å². The largest absolute Gasteiger partial charge is 0.491 e. The summed E-state index contributed by atoms with van der Waals surface area (Å²) in [6.45, 7) is 8.76. The molecule has 1 aromatic carbocycles. The molecule has 172 valence electrons. The van der Waals surface area contributed by atoms with Crippen LogP contribution in [0.15, 0.2) is 53.7 Å². The van der Waals surface area contributed by atoms with Gasteiger partial charge < -0.3 is 25.8 Å². The Kier molecular flexibility index (Phi) is 13.6. The van der Waals surface area contributed by atoms with Crippen molar-refractivity contribution in [1.29, 1.82) is 0 Å². The van der Waals surface area contributed by atoms with Gasteiger partial charge in [0.2, 0.25) is 0 Å². The molecule has 0 fully saturated rings. The van der Waals surface area contributed by atoms with Crippen LogP contribution in [0.5, 0.6) is 5.75 Å². The van der Waals surface area contributed by atoms with E-state index in [0.29, 0.717) is 12.5 Å². The second-order valence-corrected chi connectivity index (χ2v) is 7.25. The van der Waals surface area contributed by atoms with Crippen molar-refractivity contribution in [1.82, 2.24) is 15.6 Å². The molecule has 0 saturated heterocycles. The van der Waals surface area contributed by atoms with Gasteiger partial charge in [0.25, 0.3) is 0 Å². The number of hydrogen-bond acceptors (Lipinski definition) is 5. The summed E-state index contributed by atoms with van der Waals surface area (Å²) in [4.78, 5) is 8.76. The molecule has 8 heteroatoms. The number of hydrogen-bond donors (Lipinski definition) is 4. The first-order chi connectivity index (χ1) is 14.6. The van der Waals surface area contributed by atoms with Crippen molar-refractivity contribution in [3.8, 4) is 5.75 Å². The number of aliphatic hydroxyl groups excluding tert-OH is 1. The number of ether oxygens (including phenoxy) is 1. The van der Waals surface area contributed by atoms with E-state index in [1.54, 1.807) is 6.20 Å². The van der Waals surface area contributed by atoms with Crippen molar-refractivity contribution < 1.29 is 9.84 Å². The standard InChI is InChI=1S/C23H35N5O2.HI/c1-4-24-23(27-16-8-7-15-26-22-9-5-6-14-25-22)28-17-21(29)19-10-12-20(13-11-19)30-18(2)3;/h5-6,9-14,18,21,29H,4,7-8,15-17H2,1-3H3,(H,25,26)(H2,24,27,28);1H. The number of aliphatic imine (C=N–C) groups is 1. The Labute approximate surface area is 203 Å². The second kappa shape index (κ2) is 15.7. The highest BCUT2D eigenvalue weighted by molar-refractivity contribution is 14.0. The zero-order chi connectivity index (χ0) is 21.6. The average Bonchev–Trinajstić information content (AvgIpc) is 2.75. The van der Waals surface area contributed by atoms with Crippen LogP contribution in [0.1, 0.15) is 45.3 Å². The van der Waals surface area contributed by atoms with Crippen LogP contribution in [0.2, 0.25) is 0 Å². The quantitative estimate of drug-likeness (QED) is 0.141. The minimum absolute atomic E-state index is 0. The third-order valence-corrected chi connectivity index (χ3v) is 4.27. The number of nitrogens with one attached hydrogen (secondary N) is 3. The predicted octanol–water partition coefficient (Wildman–Crippen LogP) is 3.97. The normalized spacial score (nSPS) is 12.1. The Bertz CT molecular complexity index is 741. The summed E-state index contributed by atoms with van der Waals surface area (Å²) in [6.07, 6.45) is 3.28. The molecule has 0 aliphatic heterocycles. The summed E-state index contributed by atoms with van der Waals surface area (Å²) in [5.41, 5.74) is 0.825. The van der Waals surface area contributed by atoms with Crippen LogP contribution < -0.4 is 20.7 Å². The monoisotopic (exact) mass is 541 g/mol. The van der Waals surface area contributed by atoms with Gasteiger partial charge in [-0.05, 0) is 63.4 Å². The Balaban J connectivity index is 0.00000480. The summed E-state index contributed by atoms with van der Waals surface area (Å²) < 4.78 is 5.64. The van der Waals surface area contributed by atoms with Gasteiger partial charge in [-0.25, -0.2) is 4.98 Å². The number of pyridine rings is 1. The van der Waals surface area contributed by atoms with Gasteiger partial charge in [0.05, 0.1) is 18.8 Å². The molecular formula is C23H36IN5O2. The molecule has 1 heterocycles. The first kappa shape index (κ1) is 27.0. The van der Waals surface area contributed by atoms with Crippen LogP contribution in [-0.2, 0) is 0 Å². The maximum absolute atomic E-state index is 10.4. The molecule has 1 aromatic heterocycles. The lowest BCUT2D eigenvalue weighted by molar-refractivity contribution is 0.186. The number of aliphatic hydroxyl groups is 1. The number of halogens is 1. The van der Waals surface area contributed by atoms with Crippen molar-refractivity contribution in [2.45, 2.75) is 45.8 Å². The van der Waals surface area contributed by atoms with Crippen LogP contribution in [0, 0.1) is 0 Å². The van der Waals surface area contributed by atoms with Crippen LogP contribution in [0.25, 0.3) is 0 Å². The summed E-state index contributed by atoms with van der Waals surface area (Å²) in [5, 5.41) is 20.3. The molecule has 0 aliphatic carbocycles. The van der Waals surface area contributed by atoms with Crippen molar-refractivity contribution in [2.24, 2.45) is 4.99 Å². The smallest absolute Gasteiger partial charge is 0.191 e. The molecule has 0 bridgehead atoms. The molecule has 0 amide bonds. The number of guanidine groups is 1. The van der Waals surface area contributed by atoms with Gasteiger partial charge >= 0.3 is 0 Å². The first-order valence-corrected chi connectivity index (χ1v) is 10.7. The van der Waals surface area contributed by atoms with Crippen molar-refractivity contribution >= 4 is 35.8 Å². The number of nitrogens with zero attached hydrogens (tertiary/aromatic N) is 2. The van der Waals surface area contributed by atoms with E-state index in [0.717, 1.165) is 49.6 Å². The lowest BCUT2D eigenvalue weighted by Crippen LogP contribution is -2.38. The predicted molar refractivity (Wildman–Crippen MR) is 139 cm³/mol. The Morgan fingerprint density at radius 3 is 2.45 bits per heavy atom. The zero-order valence-corrected chi connectivity index (χ0v) is 21.0. The van der Waals surface area contributed by atoms with Gasteiger partial charge in [0, 0.05) is 25.8 Å². The van der Waals surface area contributed by atoms with E-state index in [1.807, 2.05) is 63.2 Å². The molecule has 0 aliphatic rings. The Morgan fingerprint density at radius 2 is 1.81 bits per heavy atom. The second-order valence-electron chi connectivity index (χ2n) is 7.25. The van der Waals surface area contributed by atoms with Gasteiger partial charge in [0.1, 0.15) is 11.6 Å². The molecule has 4 N–H and O–H groups in total. The van der Waals surface area contributed by atoms with E-state index < -0.39 is 6.10 Å². The molecule has 2 aromatic rings. The molecule has 1 unspecified atom stereocenters. The fourth-order valence-corrected chi connectivity index (χ4v) is 2.81. The van der Waals surface area contributed by atoms with E-state index in [-0.39, 0.29) is 30.1 Å². The summed E-state index contributed by atoms with van der Waals surface area (Å²) >= 11 is 0. The highest BCUT2D eigenvalue weighted by Gasteiger charge is 2.08. The maximum atomic E-state index is 10.4. The van der Waals surface area contributed by atoms with Gasteiger partial charge in [-0.15, -0.1) is 24.0 Å². The first-order valence-electron chi connectivity index (χ1n) is 10.7. The van der Waals surface area contributed by atoms with Gasteiger partial charge in [0.15, 0.2) is 5.96 Å². The van der Waals surface area contributed by atoms with Crippen LogP contribution in [0.3, 0.4) is 0 Å². The number of unbranched alkanes of at least 4 members (excludes halogenated alkanes) is 1. The molecule has 0 spiro atoms. The molecule has 31 heavy (non-hydrogen) atoms. The molecule has 0 saturated carbocycles. The van der Waals surface area contributed by atoms with E-state index in [4.69, 9.17) is 4.74 Å². The number of rotatable bonds is 12. The fraction of sp³-hybridized carbons (Fsp3) is 0.478. The number of anilines is 1. The summed E-state index contributed by atoms with van der Waals surface area (Å²) in [7, 11) is 0. The van der Waals surface area contributed by atoms with Crippen molar-refractivity contribution in [3.63, 3.8) is 0 Å². The van der Waals surface area contributed by atoms with Gasteiger partial charge in [-0.1, -0.05) is 18.2 Å². The van der Waals surface area contributed by atoms with E-state index in [1.165, 1.54) is 0 Å². The summed E-state index contributed by atoms with van der Waals surface area (Å²) in [5.74, 6) is 2.42. The third-order valence-electron chi connectivity index (χ3n) is 4.27.